The molecule has 1 N–H and O–H groups in total. The van der Waals surface area contributed by atoms with Crippen molar-refractivity contribution in [3.63, 3.8) is 0 Å². The van der Waals surface area contributed by atoms with E-state index in [-0.39, 0.29) is 18.2 Å². The number of carbonyl (C=O) groups excluding carboxylic acids is 2. The summed E-state index contributed by atoms with van der Waals surface area (Å²) in [7, 11) is 3.79. The number of rotatable bonds is 11. The zero-order valence-electron chi connectivity index (χ0n) is 28.1. The molecule has 50 heavy (non-hydrogen) atoms. The van der Waals surface area contributed by atoms with Crippen LogP contribution in [0.2, 0.25) is 0 Å². The molecule has 0 bridgehead atoms. The number of fused-ring (bicyclic) bond motifs is 1. The molecule has 7 nitrogen and oxygen atoms in total. The molecular formula is C43H39N3O4. The Hall–Kier alpha value is -5.76. The fourth-order valence-corrected chi connectivity index (χ4v) is 6.79. The lowest BCUT2D eigenvalue weighted by Gasteiger charge is -2.53. The minimum atomic E-state index is -0.902. The Labute approximate surface area is 293 Å². The van der Waals surface area contributed by atoms with E-state index in [1.165, 1.54) is 4.90 Å². The third-order valence-electron chi connectivity index (χ3n) is 9.19. The third-order valence-corrected chi connectivity index (χ3v) is 9.19. The molecule has 2 atom stereocenters. The Morgan fingerprint density at radius 1 is 0.760 bits per heavy atom. The molecule has 2 aliphatic rings. The lowest BCUT2D eigenvalue weighted by atomic mass is 9.75. The van der Waals surface area contributed by atoms with E-state index in [2.05, 4.69) is 41.7 Å². The van der Waals surface area contributed by atoms with Crippen molar-refractivity contribution in [2.45, 2.75) is 23.9 Å². The Kier molecular flexibility index (Phi) is 9.43. The molecule has 0 aliphatic carbocycles. The lowest BCUT2D eigenvalue weighted by molar-refractivity contribution is -0.186. The largest absolute Gasteiger partial charge is 0.448 e. The smallest absolute Gasteiger partial charge is 0.356 e. The molecule has 1 saturated heterocycles. The van der Waals surface area contributed by atoms with Gasteiger partial charge in [-0.2, -0.15) is 0 Å². The molecule has 7 heteroatoms. The number of carbonyl (C=O) groups is 2. The van der Waals surface area contributed by atoms with Crippen LogP contribution in [0.5, 0.6) is 0 Å². The molecular weight excluding hydrogens is 622 g/mol. The first-order valence-corrected chi connectivity index (χ1v) is 16.7. The zero-order valence-corrected chi connectivity index (χ0v) is 28.1. The van der Waals surface area contributed by atoms with Crippen molar-refractivity contribution in [3.05, 3.63) is 203 Å². The van der Waals surface area contributed by atoms with Crippen molar-refractivity contribution < 1.29 is 19.1 Å². The van der Waals surface area contributed by atoms with Gasteiger partial charge in [0.05, 0.1) is 12.1 Å². The van der Waals surface area contributed by atoms with Gasteiger partial charge in [0.15, 0.2) is 12.3 Å². The molecule has 0 saturated carbocycles. The summed E-state index contributed by atoms with van der Waals surface area (Å²) in [6.07, 6.45) is 2.22. The van der Waals surface area contributed by atoms with E-state index in [4.69, 9.17) is 9.47 Å². The summed E-state index contributed by atoms with van der Waals surface area (Å²) >= 11 is 0. The summed E-state index contributed by atoms with van der Waals surface area (Å²) in [6.45, 7) is 0.123. The number of benzene rings is 5. The van der Waals surface area contributed by atoms with Crippen molar-refractivity contribution in [2.75, 3.05) is 20.7 Å². The van der Waals surface area contributed by atoms with E-state index in [0.29, 0.717) is 5.57 Å². The van der Waals surface area contributed by atoms with E-state index >= 15 is 0 Å². The Morgan fingerprint density at radius 2 is 1.20 bits per heavy atom. The fraction of sp³-hybridized carbons (Fsp3) is 0.163. The summed E-state index contributed by atoms with van der Waals surface area (Å²) in [5.74, 6) is -0.873. The second-order valence-corrected chi connectivity index (χ2v) is 12.6. The Bertz CT molecular complexity index is 1850. The average molecular weight is 662 g/mol. The van der Waals surface area contributed by atoms with Crippen LogP contribution in [0.15, 0.2) is 175 Å². The van der Waals surface area contributed by atoms with Crippen LogP contribution in [0.3, 0.4) is 0 Å². The first-order chi connectivity index (χ1) is 24.5. The van der Waals surface area contributed by atoms with E-state index < -0.39 is 29.9 Å². The van der Waals surface area contributed by atoms with Gasteiger partial charge in [0.1, 0.15) is 11.7 Å². The number of amides is 1. The van der Waals surface area contributed by atoms with Crippen LogP contribution in [0.1, 0.15) is 33.9 Å². The van der Waals surface area contributed by atoms with Crippen molar-refractivity contribution in [3.8, 4) is 0 Å². The molecule has 0 radical (unpaired) electrons. The standard InChI is InChI=1S/C43H39N3O4/c1-45(2)29-28-33-30-49-41-37(44-43(34-22-12-5-13-23-34,35-24-14-6-15-25-35)36-26-16-7-17-27-36)40(47)46(41)38(33)42(48)50-39(31-18-8-3-9-19-31)32-20-10-4-11-21-32/h3-29,37,39,41,44H,30H2,1-2H3. The summed E-state index contributed by atoms with van der Waals surface area (Å²) in [5, 5.41) is 3.76. The predicted octanol–water partition coefficient (Wildman–Crippen LogP) is 6.80. The molecule has 2 heterocycles. The number of nitrogens with zero attached hydrogens (tertiary/aromatic N) is 2. The van der Waals surface area contributed by atoms with Gasteiger partial charge in [0.2, 0.25) is 0 Å². The third kappa shape index (κ3) is 6.25. The van der Waals surface area contributed by atoms with E-state index in [9.17, 15) is 9.59 Å². The summed E-state index contributed by atoms with van der Waals surface area (Å²) in [5.41, 5.74) is 4.41. The summed E-state index contributed by atoms with van der Waals surface area (Å²) < 4.78 is 12.8. The Balaban J connectivity index is 1.28. The van der Waals surface area contributed by atoms with Gasteiger partial charge in [-0.3, -0.25) is 15.0 Å². The summed E-state index contributed by atoms with van der Waals surface area (Å²) in [6, 6.07) is 48.8. The molecule has 0 spiro atoms. The molecule has 5 aromatic rings. The van der Waals surface area contributed by atoms with Crippen molar-refractivity contribution in [2.24, 2.45) is 0 Å². The molecule has 2 aliphatic heterocycles. The molecule has 1 fully saturated rings. The maximum atomic E-state index is 14.5. The molecule has 0 aromatic heterocycles. The lowest BCUT2D eigenvalue weighted by Crippen LogP contribution is -2.74. The first-order valence-electron chi connectivity index (χ1n) is 16.7. The number of hydrogen-bond donors (Lipinski definition) is 1. The molecule has 2 unspecified atom stereocenters. The van der Waals surface area contributed by atoms with Crippen LogP contribution in [0.4, 0.5) is 0 Å². The van der Waals surface area contributed by atoms with Crippen LogP contribution in [0.25, 0.3) is 0 Å². The minimum Gasteiger partial charge on any atom is -0.448 e. The molecule has 1 amide bonds. The number of hydrogen-bond acceptors (Lipinski definition) is 6. The highest BCUT2D eigenvalue weighted by Gasteiger charge is 2.57. The van der Waals surface area contributed by atoms with E-state index in [1.54, 1.807) is 0 Å². The first kappa shape index (κ1) is 32.8. The number of β-lactam (4-membered cyclic amide) rings is 1. The second-order valence-electron chi connectivity index (χ2n) is 12.6. The van der Waals surface area contributed by atoms with E-state index in [0.717, 1.165) is 27.8 Å². The van der Waals surface area contributed by atoms with Gasteiger partial charge in [-0.1, -0.05) is 152 Å². The average Bonchev–Trinajstić information content (AvgIpc) is 3.17. The van der Waals surface area contributed by atoms with Gasteiger partial charge in [-0.25, -0.2) is 4.79 Å². The van der Waals surface area contributed by atoms with Gasteiger partial charge < -0.3 is 14.4 Å². The predicted molar refractivity (Wildman–Crippen MR) is 193 cm³/mol. The van der Waals surface area contributed by atoms with Gasteiger partial charge in [0, 0.05) is 19.7 Å². The normalized spacial score (nSPS) is 17.4. The summed E-state index contributed by atoms with van der Waals surface area (Å²) in [4.78, 5) is 32.2. The van der Waals surface area contributed by atoms with Crippen LogP contribution in [-0.2, 0) is 24.6 Å². The van der Waals surface area contributed by atoms with Crippen LogP contribution in [-0.4, -0.2) is 54.6 Å². The van der Waals surface area contributed by atoms with Crippen molar-refractivity contribution >= 4 is 11.9 Å². The quantitative estimate of drug-likeness (QED) is 0.0955. The topological polar surface area (TPSA) is 71.1 Å². The van der Waals surface area contributed by atoms with Crippen LogP contribution < -0.4 is 5.32 Å². The number of esters is 1. The van der Waals surface area contributed by atoms with Gasteiger partial charge in [0.25, 0.3) is 5.91 Å². The zero-order chi connectivity index (χ0) is 34.5. The number of nitrogens with one attached hydrogen (secondary N) is 1. The number of ether oxygens (including phenoxy) is 2. The van der Waals surface area contributed by atoms with E-state index in [1.807, 2.05) is 147 Å². The van der Waals surface area contributed by atoms with Crippen molar-refractivity contribution in [1.29, 1.82) is 0 Å². The van der Waals surface area contributed by atoms with Gasteiger partial charge in [-0.15, -0.1) is 0 Å². The highest BCUT2D eigenvalue weighted by molar-refractivity contribution is 6.01. The van der Waals surface area contributed by atoms with Crippen LogP contribution in [0, 0.1) is 0 Å². The minimum absolute atomic E-state index is 0.123. The molecule has 5 aromatic carbocycles. The maximum absolute atomic E-state index is 14.5. The SMILES string of the molecule is CN(C)C=CC1=C(C(=O)OC(c2ccccc2)c2ccccc2)N2C(=O)C(NC(c3ccccc3)(c3ccccc3)c3ccccc3)C2OC1. The fourth-order valence-electron chi connectivity index (χ4n) is 6.79. The van der Waals surface area contributed by atoms with Gasteiger partial charge >= 0.3 is 5.97 Å². The van der Waals surface area contributed by atoms with Gasteiger partial charge in [-0.05, 0) is 40.1 Å². The van der Waals surface area contributed by atoms with Crippen LogP contribution >= 0.6 is 0 Å². The second kappa shape index (κ2) is 14.4. The van der Waals surface area contributed by atoms with Crippen molar-refractivity contribution in [1.82, 2.24) is 15.1 Å². The highest BCUT2D eigenvalue weighted by Crippen LogP contribution is 2.42. The molecule has 7 rings (SSSR count). The Morgan fingerprint density at radius 3 is 1.64 bits per heavy atom. The molecule has 250 valence electrons. The highest BCUT2D eigenvalue weighted by atomic mass is 16.6. The monoisotopic (exact) mass is 661 g/mol. The maximum Gasteiger partial charge on any atom is 0.356 e.